The Bertz CT molecular complexity index is 368. The SMILES string of the molecule is Cc1ncc(C(F)F)c(F)c1C#N. The molecule has 13 heavy (non-hydrogen) atoms. The van der Waals surface area contributed by atoms with Gasteiger partial charge in [0.1, 0.15) is 11.6 Å². The highest BCUT2D eigenvalue weighted by Crippen LogP contribution is 2.23. The third kappa shape index (κ3) is 1.61. The van der Waals surface area contributed by atoms with Gasteiger partial charge >= 0.3 is 0 Å². The standard InChI is InChI=1S/C8H5F3N2/c1-4-5(2-12)7(9)6(3-13-4)8(10)11/h3,8H,1H3. The van der Waals surface area contributed by atoms with Crippen LogP contribution in [0.2, 0.25) is 0 Å². The second-order valence-corrected chi connectivity index (χ2v) is 2.40. The molecule has 0 aliphatic carbocycles. The molecular weight excluding hydrogens is 181 g/mol. The molecule has 5 heteroatoms. The molecule has 0 fully saturated rings. The minimum absolute atomic E-state index is 0.115. The summed E-state index contributed by atoms with van der Waals surface area (Å²) in [5.41, 5.74) is -1.13. The third-order valence-electron chi connectivity index (χ3n) is 1.58. The first-order valence-electron chi connectivity index (χ1n) is 3.41. The molecule has 0 N–H and O–H groups in total. The molecule has 1 aromatic rings. The summed E-state index contributed by atoms with van der Waals surface area (Å²) in [6.45, 7) is 1.39. The molecule has 0 amide bonds. The quantitative estimate of drug-likeness (QED) is 0.674. The van der Waals surface area contributed by atoms with Gasteiger partial charge in [-0.05, 0) is 6.92 Å². The molecule has 2 nitrogen and oxygen atoms in total. The number of aromatic nitrogens is 1. The predicted octanol–water partition coefficient (Wildman–Crippen LogP) is 2.34. The second kappa shape index (κ2) is 3.44. The van der Waals surface area contributed by atoms with Gasteiger partial charge in [-0.15, -0.1) is 0 Å². The molecule has 1 rings (SSSR count). The summed E-state index contributed by atoms with van der Waals surface area (Å²) in [5, 5.41) is 8.43. The van der Waals surface area contributed by atoms with Crippen molar-refractivity contribution in [2.24, 2.45) is 0 Å². The lowest BCUT2D eigenvalue weighted by atomic mass is 10.1. The number of rotatable bonds is 1. The number of nitrogens with zero attached hydrogens (tertiary/aromatic N) is 2. The lowest BCUT2D eigenvalue weighted by Gasteiger charge is -2.03. The Kier molecular flexibility index (Phi) is 2.52. The molecule has 0 aromatic carbocycles. The van der Waals surface area contributed by atoms with Gasteiger partial charge in [-0.25, -0.2) is 13.2 Å². The fraction of sp³-hybridized carbons (Fsp3) is 0.250. The topological polar surface area (TPSA) is 36.7 Å². The summed E-state index contributed by atoms with van der Waals surface area (Å²) in [7, 11) is 0. The van der Waals surface area contributed by atoms with Crippen LogP contribution in [0, 0.1) is 24.1 Å². The van der Waals surface area contributed by atoms with E-state index in [4.69, 9.17) is 5.26 Å². The Morgan fingerprint density at radius 2 is 2.15 bits per heavy atom. The van der Waals surface area contributed by atoms with E-state index in [2.05, 4.69) is 4.98 Å². The van der Waals surface area contributed by atoms with Crippen molar-refractivity contribution in [1.82, 2.24) is 4.98 Å². The lowest BCUT2D eigenvalue weighted by Crippen LogP contribution is -1.99. The molecule has 1 heterocycles. The molecule has 0 atom stereocenters. The first-order chi connectivity index (χ1) is 6.07. The summed E-state index contributed by atoms with van der Waals surface area (Å²) in [6.07, 6.45) is -2.20. The second-order valence-electron chi connectivity index (χ2n) is 2.40. The fourth-order valence-corrected chi connectivity index (χ4v) is 0.873. The molecule has 0 saturated heterocycles. The number of hydrogen-bond donors (Lipinski definition) is 0. The molecule has 68 valence electrons. The van der Waals surface area contributed by atoms with Crippen molar-refractivity contribution >= 4 is 0 Å². The first-order valence-corrected chi connectivity index (χ1v) is 3.41. The smallest absolute Gasteiger partial charge is 0.260 e. The molecule has 0 aliphatic heterocycles. The van der Waals surface area contributed by atoms with Gasteiger partial charge in [0.05, 0.1) is 11.3 Å². The zero-order valence-corrected chi connectivity index (χ0v) is 6.68. The van der Waals surface area contributed by atoms with Gasteiger partial charge in [-0.2, -0.15) is 5.26 Å². The van der Waals surface area contributed by atoms with Crippen molar-refractivity contribution in [2.45, 2.75) is 13.3 Å². The molecule has 0 unspecified atom stereocenters. The molecule has 0 saturated carbocycles. The maximum atomic E-state index is 13.0. The Morgan fingerprint density at radius 1 is 1.54 bits per heavy atom. The Balaban J connectivity index is 3.38. The van der Waals surface area contributed by atoms with Gasteiger partial charge in [-0.1, -0.05) is 0 Å². The van der Waals surface area contributed by atoms with E-state index < -0.39 is 23.4 Å². The van der Waals surface area contributed by atoms with Crippen LogP contribution in [0.4, 0.5) is 13.2 Å². The van der Waals surface area contributed by atoms with Crippen LogP contribution >= 0.6 is 0 Å². The zero-order chi connectivity index (χ0) is 10.0. The number of aryl methyl sites for hydroxylation is 1. The van der Waals surface area contributed by atoms with Crippen molar-refractivity contribution in [3.8, 4) is 6.07 Å². The largest absolute Gasteiger partial charge is 0.268 e. The van der Waals surface area contributed by atoms with Crippen LogP contribution in [-0.4, -0.2) is 4.98 Å². The summed E-state index contributed by atoms with van der Waals surface area (Å²) >= 11 is 0. The highest BCUT2D eigenvalue weighted by Gasteiger charge is 2.18. The molecule has 0 aliphatic rings. The van der Waals surface area contributed by atoms with E-state index in [1.54, 1.807) is 0 Å². The van der Waals surface area contributed by atoms with Crippen LogP contribution in [-0.2, 0) is 0 Å². The lowest BCUT2D eigenvalue weighted by molar-refractivity contribution is 0.145. The molecule has 1 aromatic heterocycles. The van der Waals surface area contributed by atoms with E-state index in [0.717, 1.165) is 6.20 Å². The van der Waals surface area contributed by atoms with Crippen LogP contribution in [0.5, 0.6) is 0 Å². The minimum atomic E-state index is -2.94. The van der Waals surface area contributed by atoms with Gasteiger partial charge in [0.25, 0.3) is 6.43 Å². The van der Waals surface area contributed by atoms with E-state index in [0.29, 0.717) is 0 Å². The van der Waals surface area contributed by atoms with E-state index in [1.165, 1.54) is 13.0 Å². The molecule has 0 spiro atoms. The molecule has 0 radical (unpaired) electrons. The van der Waals surface area contributed by atoms with E-state index in [-0.39, 0.29) is 5.69 Å². The zero-order valence-electron chi connectivity index (χ0n) is 6.68. The predicted molar refractivity (Wildman–Crippen MR) is 38.6 cm³/mol. The van der Waals surface area contributed by atoms with Crippen LogP contribution in [0.15, 0.2) is 6.20 Å². The van der Waals surface area contributed by atoms with Crippen LogP contribution in [0.25, 0.3) is 0 Å². The van der Waals surface area contributed by atoms with Crippen LogP contribution < -0.4 is 0 Å². The van der Waals surface area contributed by atoms with Gasteiger partial charge in [0.15, 0.2) is 5.82 Å². The summed E-state index contributed by atoms with van der Waals surface area (Å²) < 4.78 is 37.2. The van der Waals surface area contributed by atoms with Crippen molar-refractivity contribution in [1.29, 1.82) is 5.26 Å². The van der Waals surface area contributed by atoms with Crippen molar-refractivity contribution < 1.29 is 13.2 Å². The Hall–Kier alpha value is -1.57. The van der Waals surface area contributed by atoms with Crippen LogP contribution in [0.1, 0.15) is 23.2 Å². The number of halogens is 3. The summed E-state index contributed by atoms with van der Waals surface area (Å²) in [6, 6.07) is 1.49. The average Bonchev–Trinajstić information content (AvgIpc) is 2.04. The van der Waals surface area contributed by atoms with Crippen molar-refractivity contribution in [2.75, 3.05) is 0 Å². The third-order valence-corrected chi connectivity index (χ3v) is 1.58. The monoisotopic (exact) mass is 186 g/mol. The molecular formula is C8H5F3N2. The number of hydrogen-bond acceptors (Lipinski definition) is 2. The fourth-order valence-electron chi connectivity index (χ4n) is 0.873. The normalized spacial score (nSPS) is 10.2. The maximum Gasteiger partial charge on any atom is 0.268 e. The van der Waals surface area contributed by atoms with E-state index in [9.17, 15) is 13.2 Å². The Labute approximate surface area is 72.6 Å². The summed E-state index contributed by atoms with van der Waals surface area (Å²) in [4.78, 5) is 3.49. The van der Waals surface area contributed by atoms with Gasteiger partial charge in [0.2, 0.25) is 0 Å². The first kappa shape index (κ1) is 9.52. The van der Waals surface area contributed by atoms with Gasteiger partial charge < -0.3 is 0 Å². The van der Waals surface area contributed by atoms with Crippen LogP contribution in [0.3, 0.4) is 0 Å². The van der Waals surface area contributed by atoms with Crippen molar-refractivity contribution in [3.05, 3.63) is 28.8 Å². The minimum Gasteiger partial charge on any atom is -0.260 e. The average molecular weight is 186 g/mol. The van der Waals surface area contributed by atoms with E-state index in [1.807, 2.05) is 0 Å². The summed E-state index contributed by atoms with van der Waals surface area (Å²) in [5.74, 6) is -1.18. The van der Waals surface area contributed by atoms with E-state index >= 15 is 0 Å². The Morgan fingerprint density at radius 3 is 2.62 bits per heavy atom. The van der Waals surface area contributed by atoms with Gasteiger partial charge in [-0.3, -0.25) is 4.98 Å². The highest BCUT2D eigenvalue weighted by molar-refractivity contribution is 5.37. The van der Waals surface area contributed by atoms with Gasteiger partial charge in [0, 0.05) is 6.20 Å². The highest BCUT2D eigenvalue weighted by atomic mass is 19.3. The number of alkyl halides is 2. The number of nitriles is 1. The molecule has 0 bridgehead atoms. The number of pyridine rings is 1. The maximum absolute atomic E-state index is 13.0. The van der Waals surface area contributed by atoms with Crippen molar-refractivity contribution in [3.63, 3.8) is 0 Å².